The molecule has 0 unspecified atom stereocenters. The molecule has 0 aliphatic rings. The van der Waals surface area contributed by atoms with Crippen LogP contribution in [0.15, 0.2) is 170 Å². The molecule has 0 atom stereocenters. The Kier molecular flexibility index (Phi) is 19.5. The largest absolute Gasteiger partial charge is 1.00 e. The van der Waals surface area contributed by atoms with E-state index >= 15 is 0 Å². The number of anilines is 1. The average molecular weight is 1150 g/mol. The van der Waals surface area contributed by atoms with Gasteiger partial charge in [0.2, 0.25) is 5.82 Å². The molecule has 1 aromatic heterocycles. The van der Waals surface area contributed by atoms with Crippen molar-refractivity contribution in [1.29, 1.82) is 0 Å². The van der Waals surface area contributed by atoms with E-state index in [0.717, 1.165) is 60.6 Å². The van der Waals surface area contributed by atoms with E-state index in [9.17, 15) is 24.6 Å². The number of hydrogen-bond donors (Lipinski definition) is 2. The third-order valence-electron chi connectivity index (χ3n) is 10.2. The molecule has 11 nitrogen and oxygen atoms in total. The molecule has 0 saturated heterocycles. The van der Waals surface area contributed by atoms with Crippen LogP contribution in [0.2, 0.25) is 10.0 Å². The number of nitro benzene ring substituents is 2. The van der Waals surface area contributed by atoms with Crippen LogP contribution in [0.25, 0.3) is 76.7 Å². The Morgan fingerprint density at radius 1 is 0.508 bits per heavy atom. The van der Waals surface area contributed by atoms with Crippen LogP contribution >= 0.6 is 23.2 Å². The Balaban J connectivity index is 0.000000256. The molecule has 0 aliphatic carbocycles. The van der Waals surface area contributed by atoms with E-state index in [2.05, 4.69) is 15.9 Å². The predicted molar refractivity (Wildman–Crippen MR) is 247 cm³/mol. The SMILES string of the molecule is Nc1c(Cl)cccc1-c1ccccc1-c1ccccc1-c1cccc([N+](=O)[O-])c1F.O=CO[O-].O=[N+]([O-])c1cccc2c1[nH]c1c(Cl)cccc1c1ccccc1c1ccccc21.[Cs+].[Cs+].[H-]. The van der Waals surface area contributed by atoms with Crippen molar-refractivity contribution < 1.29 is 168 Å². The number of fused-ring (bicyclic) bond motifs is 7. The Morgan fingerprint density at radius 3 is 1.35 bits per heavy atom. The second kappa shape index (κ2) is 24.3. The number of nitro groups is 2. The summed E-state index contributed by atoms with van der Waals surface area (Å²) in [5, 5.41) is 38.1. The van der Waals surface area contributed by atoms with E-state index in [1.54, 1.807) is 30.3 Å². The van der Waals surface area contributed by atoms with Gasteiger partial charge in [0.25, 0.3) is 12.2 Å². The van der Waals surface area contributed by atoms with Crippen LogP contribution in [0, 0.1) is 26.0 Å². The van der Waals surface area contributed by atoms with Gasteiger partial charge in [0.05, 0.1) is 31.1 Å². The minimum Gasteiger partial charge on any atom is -1.00 e. The van der Waals surface area contributed by atoms with Crippen LogP contribution in [0.1, 0.15) is 1.43 Å². The van der Waals surface area contributed by atoms with Crippen LogP contribution in [0.5, 0.6) is 0 Å². The number of carbonyl (C=O) groups is 1. The number of H-pyrrole nitrogens is 1. The monoisotopic (exact) mass is 1140 g/mol. The summed E-state index contributed by atoms with van der Waals surface area (Å²) < 4.78 is 15.0. The van der Waals surface area contributed by atoms with Gasteiger partial charge in [-0.3, -0.25) is 25.0 Å². The molecule has 0 bridgehead atoms. The second-order valence-corrected chi connectivity index (χ2v) is 14.5. The average Bonchev–Trinajstić information content (AvgIpc) is 3.35. The number of nitrogens with zero attached hydrogens (tertiary/aromatic N) is 2. The summed E-state index contributed by atoms with van der Waals surface area (Å²) in [6.07, 6.45) is 0. The van der Waals surface area contributed by atoms with E-state index in [0.29, 0.717) is 32.3 Å². The van der Waals surface area contributed by atoms with Crippen molar-refractivity contribution in [3.8, 4) is 33.4 Å². The van der Waals surface area contributed by atoms with Gasteiger partial charge < -0.3 is 22.3 Å². The van der Waals surface area contributed by atoms with Crippen molar-refractivity contribution in [3.05, 3.63) is 206 Å². The Labute approximate surface area is 500 Å². The summed E-state index contributed by atoms with van der Waals surface area (Å²) in [4.78, 5) is 36.5. The molecule has 9 rings (SSSR count). The van der Waals surface area contributed by atoms with Crippen LogP contribution < -0.4 is 149 Å². The van der Waals surface area contributed by atoms with Gasteiger partial charge >= 0.3 is 143 Å². The number of hydrogen-bond acceptors (Lipinski definition) is 8. The van der Waals surface area contributed by atoms with Gasteiger partial charge in [-0.25, -0.2) is 0 Å². The molecule has 314 valence electrons. The topological polar surface area (TPSA) is 177 Å². The van der Waals surface area contributed by atoms with Gasteiger partial charge in [0.15, 0.2) is 0 Å². The third kappa shape index (κ3) is 11.5. The third-order valence-corrected chi connectivity index (χ3v) is 10.9. The number of non-ortho nitro benzene ring substituents is 1. The minimum atomic E-state index is -0.866. The zero-order valence-electron chi connectivity index (χ0n) is 35.7. The van der Waals surface area contributed by atoms with Crippen molar-refractivity contribution >= 4 is 90.1 Å². The van der Waals surface area contributed by atoms with E-state index in [1.807, 2.05) is 109 Å². The number of halogens is 3. The molecule has 0 aliphatic heterocycles. The second-order valence-electron chi connectivity index (χ2n) is 13.7. The van der Waals surface area contributed by atoms with Crippen molar-refractivity contribution in [3.63, 3.8) is 0 Å². The number of carbonyl (C=O) groups excluding carboxylic acids is 1. The predicted octanol–water partition coefficient (Wildman–Crippen LogP) is 6.84. The number of nitrogens with one attached hydrogen (secondary N) is 1. The molecule has 0 fully saturated rings. The van der Waals surface area contributed by atoms with E-state index in [-0.39, 0.29) is 162 Å². The Bertz CT molecular complexity index is 3310. The Hall–Kier alpha value is -3.80. The van der Waals surface area contributed by atoms with Crippen molar-refractivity contribution in [2.45, 2.75) is 0 Å². The van der Waals surface area contributed by atoms with Crippen molar-refractivity contribution in [2.24, 2.45) is 0 Å². The molecule has 3 N–H and O–H groups in total. The summed E-state index contributed by atoms with van der Waals surface area (Å²) in [6.45, 7) is -0.181. The van der Waals surface area contributed by atoms with E-state index in [4.69, 9.17) is 39.0 Å². The molecule has 0 radical (unpaired) electrons. The van der Waals surface area contributed by atoms with Crippen molar-refractivity contribution in [2.75, 3.05) is 5.73 Å². The van der Waals surface area contributed by atoms with Crippen LogP contribution in [0.4, 0.5) is 21.5 Å². The maximum absolute atomic E-state index is 15.0. The van der Waals surface area contributed by atoms with E-state index in [1.165, 1.54) is 18.2 Å². The molecule has 1 heterocycles. The molecular formula is C49H33Cl2Cs2FN4O7. The van der Waals surface area contributed by atoms with Crippen LogP contribution in [-0.2, 0) is 9.68 Å². The number of nitrogen functional groups attached to an aromatic ring is 1. The zero-order valence-corrected chi connectivity index (χ0v) is 48.8. The normalized spacial score (nSPS) is 10.3. The summed E-state index contributed by atoms with van der Waals surface area (Å²) in [7, 11) is 0. The summed E-state index contributed by atoms with van der Waals surface area (Å²) in [5.74, 6) is -0.866. The molecule has 8 aromatic carbocycles. The maximum Gasteiger partial charge on any atom is 1.00 e. The van der Waals surface area contributed by atoms with Gasteiger partial charge in [0, 0.05) is 34.0 Å². The molecular weight excluding hydrogens is 1110 g/mol. The summed E-state index contributed by atoms with van der Waals surface area (Å²) in [5.41, 5.74) is 11.0. The molecule has 65 heavy (non-hydrogen) atoms. The molecule has 9 aromatic rings. The molecule has 0 saturated carbocycles. The number of aromatic amines is 1. The van der Waals surface area contributed by atoms with Crippen molar-refractivity contribution in [1.82, 2.24) is 4.98 Å². The number of benzene rings is 8. The molecule has 0 spiro atoms. The molecule has 0 amide bonds. The summed E-state index contributed by atoms with van der Waals surface area (Å²) >= 11 is 12.8. The van der Waals surface area contributed by atoms with Crippen LogP contribution in [-0.4, -0.2) is 21.3 Å². The quantitative estimate of drug-likeness (QED) is 0.0598. The minimum absolute atomic E-state index is 0. The Morgan fingerprint density at radius 2 is 0.846 bits per heavy atom. The first-order valence-corrected chi connectivity index (χ1v) is 19.7. The fourth-order valence-corrected chi connectivity index (χ4v) is 7.90. The van der Waals surface area contributed by atoms with Crippen LogP contribution in [0.3, 0.4) is 0 Å². The zero-order chi connectivity index (χ0) is 44.6. The maximum atomic E-state index is 15.0. The number of aromatic nitrogens is 1. The van der Waals surface area contributed by atoms with Gasteiger partial charge in [-0.2, -0.15) is 4.39 Å². The number of para-hydroxylation sites is 3. The fraction of sp³-hybridized carbons (Fsp3) is 0. The first kappa shape index (κ1) is 52.2. The van der Waals surface area contributed by atoms with Gasteiger partial charge in [0.1, 0.15) is 5.52 Å². The number of rotatable bonds is 6. The first-order chi connectivity index (χ1) is 30.5. The van der Waals surface area contributed by atoms with Gasteiger partial charge in [-0.15, -0.1) is 0 Å². The fourth-order valence-electron chi connectivity index (χ4n) is 7.50. The smallest absolute Gasteiger partial charge is 1.00 e. The van der Waals surface area contributed by atoms with E-state index < -0.39 is 16.4 Å². The van der Waals surface area contributed by atoms with Gasteiger partial charge in [-0.05, 0) is 55.9 Å². The summed E-state index contributed by atoms with van der Waals surface area (Å²) in [6, 6.07) is 51.2. The standard InChI is InChI=1S/C24H16ClFN2O2.C24H15ClN2O2.CH2O3.2Cs.H/c25-21-13-5-12-20(24(21)27)18-10-4-2-8-16(18)15-7-1-3-9-17(15)19-11-6-14-22(23(19)26)28(29)30;25-21-13-5-11-19-17-9-3-1-7-15(17)16-8-2-4-10-18(16)20-12-6-14-22(27(28)29)24(20)26-23(19)21;2-1-4-3;;;/h1-14H,27H2;1-14,26H;1,3H;;;/q;;;2*+1;-1/p-1. The molecule has 16 heteroatoms. The first-order valence-electron chi connectivity index (χ1n) is 19.0. The number of nitrogens with two attached hydrogens (primary N) is 1. The van der Waals surface area contributed by atoms with Gasteiger partial charge in [-0.1, -0.05) is 169 Å².